The van der Waals surface area contributed by atoms with E-state index in [9.17, 15) is 0 Å². The first-order chi connectivity index (χ1) is 25.8. The Morgan fingerprint density at radius 1 is 0.423 bits per heavy atom. The Morgan fingerprint density at radius 2 is 1.02 bits per heavy atom. The summed E-state index contributed by atoms with van der Waals surface area (Å²) in [5, 5.41) is 9.92. The van der Waals surface area contributed by atoms with E-state index in [4.69, 9.17) is 9.97 Å². The van der Waals surface area contributed by atoms with E-state index in [-0.39, 0.29) is 0 Å². The van der Waals surface area contributed by atoms with Crippen molar-refractivity contribution in [1.82, 2.24) is 14.5 Å². The minimum absolute atomic E-state index is 0.650. The number of aromatic nitrogens is 3. The lowest BCUT2D eigenvalue weighted by molar-refractivity contribution is 0.996. The average Bonchev–Trinajstić information content (AvgIpc) is 3.76. The van der Waals surface area contributed by atoms with E-state index in [1.807, 2.05) is 23.5 Å². The average molecular weight is 680 g/mol. The molecule has 11 aromatic rings. The van der Waals surface area contributed by atoms with Gasteiger partial charge in [0.25, 0.3) is 0 Å². The van der Waals surface area contributed by atoms with Gasteiger partial charge in [-0.3, -0.25) is 4.57 Å². The number of nitrogens with zero attached hydrogens (tertiary/aromatic N) is 3. The summed E-state index contributed by atoms with van der Waals surface area (Å²) >= 11 is 1.88. The van der Waals surface area contributed by atoms with E-state index in [1.165, 1.54) is 58.1 Å². The molecule has 0 aliphatic rings. The van der Waals surface area contributed by atoms with E-state index >= 15 is 0 Å². The summed E-state index contributed by atoms with van der Waals surface area (Å²) in [6, 6.07) is 63.0. The van der Waals surface area contributed by atoms with Crippen molar-refractivity contribution in [3.63, 3.8) is 0 Å². The second-order valence-corrected chi connectivity index (χ2v) is 14.4. The summed E-state index contributed by atoms with van der Waals surface area (Å²) in [5.74, 6) is 0.650. The van der Waals surface area contributed by atoms with Crippen LogP contribution in [0.5, 0.6) is 0 Å². The minimum Gasteiger partial charge on any atom is -0.277 e. The van der Waals surface area contributed by atoms with E-state index in [0.717, 1.165) is 39.1 Å². The normalized spacial score (nSPS) is 11.8. The van der Waals surface area contributed by atoms with Crippen LogP contribution >= 0.6 is 11.3 Å². The molecular formula is C48H29N3S. The van der Waals surface area contributed by atoms with Crippen LogP contribution in [-0.4, -0.2) is 14.5 Å². The maximum absolute atomic E-state index is 5.37. The third-order valence-electron chi connectivity index (χ3n) is 10.4. The highest BCUT2D eigenvalue weighted by Crippen LogP contribution is 2.46. The first-order valence-electron chi connectivity index (χ1n) is 17.6. The summed E-state index contributed by atoms with van der Waals surface area (Å²) < 4.78 is 4.89. The van der Waals surface area contributed by atoms with E-state index in [1.54, 1.807) is 0 Å². The SMILES string of the molecule is c1ccc(-c2cc(-c3ccccc3)nc(-n3c4cc5ccccc5cc4c4cccc(-c5cccc6c5sc5ccc7ccccc7c56)c43)n2)cc1. The number of hydrogen-bond donors (Lipinski definition) is 0. The molecular weight excluding hydrogens is 651 g/mol. The summed E-state index contributed by atoms with van der Waals surface area (Å²) in [6.07, 6.45) is 0. The Bertz CT molecular complexity index is 3120. The number of benzene rings is 8. The van der Waals surface area contributed by atoms with Crippen LogP contribution in [0, 0.1) is 0 Å². The van der Waals surface area contributed by atoms with Gasteiger partial charge in [-0.15, -0.1) is 11.3 Å². The lowest BCUT2D eigenvalue weighted by Gasteiger charge is -2.14. The second kappa shape index (κ2) is 11.5. The molecule has 3 heterocycles. The molecule has 8 aromatic carbocycles. The minimum atomic E-state index is 0.650. The topological polar surface area (TPSA) is 30.7 Å². The Labute approximate surface area is 303 Å². The summed E-state index contributed by atoms with van der Waals surface area (Å²) in [6.45, 7) is 0. The molecule has 52 heavy (non-hydrogen) atoms. The molecule has 3 aromatic heterocycles. The molecule has 0 unspecified atom stereocenters. The predicted octanol–water partition coefficient (Wildman–Crippen LogP) is 13.2. The molecule has 3 nitrogen and oxygen atoms in total. The van der Waals surface area contributed by atoms with Gasteiger partial charge < -0.3 is 0 Å². The highest BCUT2D eigenvalue weighted by molar-refractivity contribution is 7.26. The molecule has 0 radical (unpaired) electrons. The van der Waals surface area contributed by atoms with Crippen molar-refractivity contribution in [2.45, 2.75) is 0 Å². The first kappa shape index (κ1) is 29.1. The van der Waals surface area contributed by atoms with Crippen molar-refractivity contribution < 1.29 is 0 Å². The number of para-hydroxylation sites is 1. The molecule has 0 amide bonds. The zero-order valence-corrected chi connectivity index (χ0v) is 28.8. The fourth-order valence-corrected chi connectivity index (χ4v) is 9.25. The molecule has 0 saturated carbocycles. The van der Waals surface area contributed by atoms with Gasteiger partial charge in [0.2, 0.25) is 5.95 Å². The number of hydrogen-bond acceptors (Lipinski definition) is 3. The van der Waals surface area contributed by atoms with E-state index in [0.29, 0.717) is 5.95 Å². The van der Waals surface area contributed by atoms with Crippen LogP contribution in [0.25, 0.3) is 103 Å². The number of rotatable bonds is 4. The van der Waals surface area contributed by atoms with Gasteiger partial charge >= 0.3 is 0 Å². The van der Waals surface area contributed by atoms with Crippen LogP contribution < -0.4 is 0 Å². The van der Waals surface area contributed by atoms with Crippen LogP contribution in [0.4, 0.5) is 0 Å². The zero-order chi connectivity index (χ0) is 34.2. The Kier molecular flexibility index (Phi) is 6.42. The van der Waals surface area contributed by atoms with Gasteiger partial charge in [0.05, 0.1) is 22.4 Å². The maximum atomic E-state index is 5.37. The Hall–Kier alpha value is -6.62. The van der Waals surface area contributed by atoms with Crippen LogP contribution in [0.15, 0.2) is 176 Å². The molecule has 0 saturated heterocycles. The van der Waals surface area contributed by atoms with Crippen molar-refractivity contribution in [3.8, 4) is 39.6 Å². The lowest BCUT2D eigenvalue weighted by atomic mass is 9.98. The zero-order valence-electron chi connectivity index (χ0n) is 28.0. The molecule has 0 aliphatic carbocycles. The smallest absolute Gasteiger partial charge is 0.235 e. The molecule has 4 heteroatoms. The monoisotopic (exact) mass is 679 g/mol. The van der Waals surface area contributed by atoms with Crippen molar-refractivity contribution in [3.05, 3.63) is 176 Å². The molecule has 242 valence electrons. The summed E-state index contributed by atoms with van der Waals surface area (Å²) in [4.78, 5) is 10.7. The molecule has 11 rings (SSSR count). The van der Waals surface area contributed by atoms with Crippen LogP contribution in [0.1, 0.15) is 0 Å². The largest absolute Gasteiger partial charge is 0.277 e. The molecule has 0 N–H and O–H groups in total. The molecule has 0 fully saturated rings. The van der Waals surface area contributed by atoms with Gasteiger partial charge in [-0.05, 0) is 45.8 Å². The summed E-state index contributed by atoms with van der Waals surface area (Å²) in [5.41, 5.74) is 8.44. The lowest BCUT2D eigenvalue weighted by Crippen LogP contribution is -2.04. The van der Waals surface area contributed by atoms with Gasteiger partial charge in [0.15, 0.2) is 0 Å². The number of thiophene rings is 1. The van der Waals surface area contributed by atoms with Gasteiger partial charge in [-0.2, -0.15) is 0 Å². The fraction of sp³-hybridized carbons (Fsp3) is 0. The van der Waals surface area contributed by atoms with Gasteiger partial charge in [-0.1, -0.05) is 152 Å². The first-order valence-corrected chi connectivity index (χ1v) is 18.4. The predicted molar refractivity (Wildman–Crippen MR) is 221 cm³/mol. The quantitative estimate of drug-likeness (QED) is 0.185. The Morgan fingerprint density at radius 3 is 1.75 bits per heavy atom. The van der Waals surface area contributed by atoms with Crippen LogP contribution in [0.2, 0.25) is 0 Å². The van der Waals surface area contributed by atoms with Gasteiger partial charge in [0.1, 0.15) is 0 Å². The molecule has 0 bridgehead atoms. The fourth-order valence-electron chi connectivity index (χ4n) is 8.00. The third-order valence-corrected chi connectivity index (χ3v) is 11.6. The van der Waals surface area contributed by atoms with Crippen LogP contribution in [0.3, 0.4) is 0 Å². The number of fused-ring (bicyclic) bond motifs is 9. The van der Waals surface area contributed by atoms with Gasteiger partial charge in [-0.25, -0.2) is 9.97 Å². The van der Waals surface area contributed by atoms with Crippen molar-refractivity contribution in [1.29, 1.82) is 0 Å². The maximum Gasteiger partial charge on any atom is 0.235 e. The van der Waals surface area contributed by atoms with Crippen molar-refractivity contribution in [2.75, 3.05) is 0 Å². The molecule has 0 atom stereocenters. The second-order valence-electron chi connectivity index (χ2n) is 13.4. The van der Waals surface area contributed by atoms with E-state index < -0.39 is 0 Å². The summed E-state index contributed by atoms with van der Waals surface area (Å²) in [7, 11) is 0. The Balaban J connectivity index is 1.28. The van der Waals surface area contributed by atoms with Gasteiger partial charge in [0, 0.05) is 53.2 Å². The highest BCUT2D eigenvalue weighted by atomic mass is 32.1. The van der Waals surface area contributed by atoms with E-state index in [2.05, 4.69) is 168 Å². The van der Waals surface area contributed by atoms with Crippen molar-refractivity contribution in [2.24, 2.45) is 0 Å². The molecule has 0 aliphatic heterocycles. The third kappa shape index (κ3) is 4.45. The van der Waals surface area contributed by atoms with Crippen LogP contribution in [-0.2, 0) is 0 Å². The highest BCUT2D eigenvalue weighted by Gasteiger charge is 2.22. The standard InChI is InChI=1S/C48H29N3S/c1-3-14-31(15-4-1)41-29-42(32-16-5-2-6-17-32)50-48(49-41)51-43-28-34-19-8-7-18-33(34)27-40(43)37-22-11-21-36(46(37)51)38-23-12-24-39-45-35-20-10-9-13-30(35)25-26-44(45)52-47(38)39/h1-29H. The van der Waals surface area contributed by atoms with Crippen molar-refractivity contribution >= 4 is 74.9 Å². The molecule has 0 spiro atoms.